The first-order valence-corrected chi connectivity index (χ1v) is 6.23. The summed E-state index contributed by atoms with van der Waals surface area (Å²) >= 11 is 0. The molecule has 22 heavy (non-hydrogen) atoms. The summed E-state index contributed by atoms with van der Waals surface area (Å²) < 4.78 is 37.2. The first kappa shape index (κ1) is 15.6. The highest BCUT2D eigenvalue weighted by atomic mass is 19.4. The molecule has 0 aliphatic heterocycles. The first-order chi connectivity index (χ1) is 10.5. The summed E-state index contributed by atoms with van der Waals surface area (Å²) in [5.41, 5.74) is 1.02. The van der Waals surface area contributed by atoms with Gasteiger partial charge < -0.3 is 4.84 Å². The van der Waals surface area contributed by atoms with Gasteiger partial charge in [0, 0.05) is 5.56 Å². The second-order valence-corrected chi connectivity index (χ2v) is 4.36. The zero-order chi connectivity index (χ0) is 16.0. The number of nitriles is 1. The molecule has 2 aromatic rings. The molecule has 0 saturated heterocycles. The molecule has 0 aliphatic rings. The van der Waals surface area contributed by atoms with Crippen molar-refractivity contribution < 1.29 is 18.0 Å². The van der Waals surface area contributed by atoms with Gasteiger partial charge in [0.2, 0.25) is 0 Å². The molecule has 0 heterocycles. The number of hydrogen-bond acceptors (Lipinski definition) is 3. The third-order valence-corrected chi connectivity index (χ3v) is 2.77. The normalized spacial score (nSPS) is 11.4. The van der Waals surface area contributed by atoms with Crippen LogP contribution in [0.25, 0.3) is 0 Å². The SMILES string of the molecule is N#Cc1ccc(/[C]=N\OCc2ccc(C(F)(F)F)cc2)cc1. The summed E-state index contributed by atoms with van der Waals surface area (Å²) in [5.74, 6) is 0. The van der Waals surface area contributed by atoms with Crippen molar-refractivity contribution in [3.05, 3.63) is 70.8 Å². The molecule has 111 valence electrons. The summed E-state index contributed by atoms with van der Waals surface area (Å²) in [5, 5.41) is 12.3. The molecule has 3 nitrogen and oxygen atoms in total. The van der Waals surface area contributed by atoms with Crippen molar-refractivity contribution in [1.82, 2.24) is 0 Å². The number of alkyl halides is 3. The smallest absolute Gasteiger partial charge is 0.390 e. The standard InChI is InChI=1S/C16H10F3N2O/c17-16(18,19)15-7-5-14(6-8-15)11-22-21-10-13-3-1-12(9-20)2-4-13/h1-8H,11H2. The van der Waals surface area contributed by atoms with Crippen molar-refractivity contribution in [2.75, 3.05) is 0 Å². The lowest BCUT2D eigenvalue weighted by Crippen LogP contribution is -2.04. The minimum absolute atomic E-state index is 0.0431. The Bertz CT molecular complexity index is 683. The Hall–Kier alpha value is -2.81. The van der Waals surface area contributed by atoms with E-state index in [1.807, 2.05) is 6.07 Å². The van der Waals surface area contributed by atoms with Crippen LogP contribution in [0, 0.1) is 11.3 Å². The molecule has 0 N–H and O–H groups in total. The van der Waals surface area contributed by atoms with Crippen LogP contribution in [-0.4, -0.2) is 6.21 Å². The molecule has 0 unspecified atom stereocenters. The number of halogens is 3. The van der Waals surface area contributed by atoms with Crippen LogP contribution in [0.5, 0.6) is 0 Å². The molecule has 6 heteroatoms. The van der Waals surface area contributed by atoms with E-state index in [0.717, 1.165) is 12.1 Å². The van der Waals surface area contributed by atoms with Gasteiger partial charge in [0.25, 0.3) is 0 Å². The van der Waals surface area contributed by atoms with Gasteiger partial charge in [-0.2, -0.15) is 18.4 Å². The highest BCUT2D eigenvalue weighted by Crippen LogP contribution is 2.29. The van der Waals surface area contributed by atoms with E-state index in [9.17, 15) is 13.2 Å². The fourth-order valence-electron chi connectivity index (χ4n) is 1.60. The number of benzene rings is 2. The molecule has 0 atom stereocenters. The van der Waals surface area contributed by atoms with Crippen LogP contribution in [0.4, 0.5) is 13.2 Å². The van der Waals surface area contributed by atoms with Gasteiger partial charge in [-0.05, 0) is 29.8 Å². The van der Waals surface area contributed by atoms with Crippen LogP contribution in [0.2, 0.25) is 0 Å². The van der Waals surface area contributed by atoms with Crippen LogP contribution in [-0.2, 0) is 17.6 Å². The molecule has 0 fully saturated rings. The van der Waals surface area contributed by atoms with E-state index in [2.05, 4.69) is 11.4 Å². The molecule has 0 spiro atoms. The topological polar surface area (TPSA) is 45.4 Å². The fraction of sp³-hybridized carbons (Fsp3) is 0.125. The van der Waals surface area contributed by atoms with E-state index in [-0.39, 0.29) is 6.61 Å². The molecule has 2 rings (SSSR count). The highest BCUT2D eigenvalue weighted by molar-refractivity contribution is 5.79. The van der Waals surface area contributed by atoms with Gasteiger partial charge in [-0.15, -0.1) is 0 Å². The van der Waals surface area contributed by atoms with Gasteiger partial charge in [0.05, 0.1) is 17.2 Å². The summed E-state index contributed by atoms with van der Waals surface area (Å²) in [7, 11) is 0. The monoisotopic (exact) mass is 303 g/mol. The molecule has 0 bridgehead atoms. The summed E-state index contributed by atoms with van der Waals surface area (Å²) in [6.07, 6.45) is -1.73. The molecular weight excluding hydrogens is 293 g/mol. The van der Waals surface area contributed by atoms with Gasteiger partial charge in [-0.1, -0.05) is 29.4 Å². The van der Waals surface area contributed by atoms with Gasteiger partial charge >= 0.3 is 6.18 Å². The van der Waals surface area contributed by atoms with Gasteiger partial charge in [0.15, 0.2) is 0 Å². The lowest BCUT2D eigenvalue weighted by Gasteiger charge is -2.06. The average Bonchev–Trinajstić information content (AvgIpc) is 2.52. The van der Waals surface area contributed by atoms with Crippen molar-refractivity contribution in [3.8, 4) is 6.07 Å². The molecule has 0 aromatic heterocycles. The number of rotatable bonds is 4. The largest absolute Gasteiger partial charge is 0.416 e. The van der Waals surface area contributed by atoms with E-state index >= 15 is 0 Å². The Kier molecular flexibility index (Phi) is 4.79. The van der Waals surface area contributed by atoms with Crippen molar-refractivity contribution in [1.29, 1.82) is 5.26 Å². The predicted octanol–water partition coefficient (Wildman–Crippen LogP) is 4.00. The quantitative estimate of drug-likeness (QED) is 0.633. The van der Waals surface area contributed by atoms with Crippen molar-refractivity contribution >= 4 is 6.21 Å². The van der Waals surface area contributed by atoms with Crippen molar-refractivity contribution in [3.63, 3.8) is 0 Å². The van der Waals surface area contributed by atoms with E-state index in [1.165, 1.54) is 12.1 Å². The lowest BCUT2D eigenvalue weighted by atomic mass is 10.1. The van der Waals surface area contributed by atoms with Crippen LogP contribution in [0.3, 0.4) is 0 Å². The van der Waals surface area contributed by atoms with E-state index in [1.54, 1.807) is 24.3 Å². The maximum atomic E-state index is 12.4. The third kappa shape index (κ3) is 4.35. The summed E-state index contributed by atoms with van der Waals surface area (Å²) in [6.45, 7) is 0.0431. The molecule has 0 aliphatic carbocycles. The molecule has 0 amide bonds. The Balaban J connectivity index is 1.88. The second kappa shape index (κ2) is 6.76. The fourth-order valence-corrected chi connectivity index (χ4v) is 1.60. The van der Waals surface area contributed by atoms with Crippen LogP contribution in [0.15, 0.2) is 53.7 Å². The summed E-state index contributed by atoms with van der Waals surface area (Å²) in [6, 6.07) is 13.2. The van der Waals surface area contributed by atoms with Crippen LogP contribution < -0.4 is 0 Å². The predicted molar refractivity (Wildman–Crippen MR) is 73.9 cm³/mol. The van der Waals surface area contributed by atoms with Gasteiger partial charge in [0.1, 0.15) is 12.8 Å². The van der Waals surface area contributed by atoms with Crippen LogP contribution in [0.1, 0.15) is 22.3 Å². The minimum atomic E-state index is -4.35. The van der Waals surface area contributed by atoms with E-state index in [4.69, 9.17) is 10.1 Å². The zero-order valence-corrected chi connectivity index (χ0v) is 11.3. The van der Waals surface area contributed by atoms with E-state index < -0.39 is 11.7 Å². The molecular formula is C16H10F3N2O. The second-order valence-electron chi connectivity index (χ2n) is 4.36. The molecule has 0 saturated carbocycles. The Morgan fingerprint density at radius 2 is 1.55 bits per heavy atom. The minimum Gasteiger partial charge on any atom is -0.390 e. The maximum absolute atomic E-state index is 12.4. The lowest BCUT2D eigenvalue weighted by molar-refractivity contribution is -0.137. The first-order valence-electron chi connectivity index (χ1n) is 6.23. The van der Waals surface area contributed by atoms with E-state index in [0.29, 0.717) is 16.7 Å². The number of hydrogen-bond donors (Lipinski definition) is 0. The van der Waals surface area contributed by atoms with Crippen molar-refractivity contribution in [2.45, 2.75) is 12.8 Å². The average molecular weight is 303 g/mol. The molecule has 2 aromatic carbocycles. The van der Waals surface area contributed by atoms with Gasteiger partial charge in [-0.25, -0.2) is 0 Å². The third-order valence-electron chi connectivity index (χ3n) is 2.77. The zero-order valence-electron chi connectivity index (χ0n) is 11.3. The number of nitrogens with zero attached hydrogens (tertiary/aromatic N) is 2. The molecule has 1 radical (unpaired) electrons. The Morgan fingerprint density at radius 1 is 0.955 bits per heavy atom. The Morgan fingerprint density at radius 3 is 2.09 bits per heavy atom. The summed E-state index contributed by atoms with van der Waals surface area (Å²) in [4.78, 5) is 4.97. The van der Waals surface area contributed by atoms with Gasteiger partial charge in [-0.3, -0.25) is 0 Å². The Labute approximate surface area is 125 Å². The highest BCUT2D eigenvalue weighted by Gasteiger charge is 2.29. The van der Waals surface area contributed by atoms with Crippen LogP contribution >= 0.6 is 0 Å². The van der Waals surface area contributed by atoms with Crippen molar-refractivity contribution in [2.24, 2.45) is 5.16 Å². The maximum Gasteiger partial charge on any atom is 0.416 e.